The molecule has 98 valence electrons. The molecule has 0 heterocycles. The summed E-state index contributed by atoms with van der Waals surface area (Å²) in [5, 5.41) is 14.5. The van der Waals surface area contributed by atoms with Crippen molar-refractivity contribution in [2.24, 2.45) is 0 Å². The summed E-state index contributed by atoms with van der Waals surface area (Å²) in [5.74, 6) is 2.21. The van der Waals surface area contributed by atoms with Crippen LogP contribution in [0.15, 0.2) is 24.3 Å². The zero-order valence-corrected chi connectivity index (χ0v) is 9.58. The summed E-state index contributed by atoms with van der Waals surface area (Å²) < 4.78 is 4.71. The SMILES string of the molecule is C#CCNC(=O)NC(=O)Oc1ccc([N+](=O)[O-])cc1. The molecule has 1 aromatic rings. The number of benzene rings is 1. The van der Waals surface area contributed by atoms with Crippen LogP contribution < -0.4 is 15.4 Å². The van der Waals surface area contributed by atoms with E-state index in [4.69, 9.17) is 11.2 Å². The van der Waals surface area contributed by atoms with Gasteiger partial charge in [-0.05, 0) is 12.1 Å². The third-order valence-electron chi connectivity index (χ3n) is 1.82. The van der Waals surface area contributed by atoms with E-state index >= 15 is 0 Å². The van der Waals surface area contributed by atoms with E-state index in [1.807, 2.05) is 5.32 Å². The molecule has 0 bridgehead atoms. The fourth-order valence-corrected chi connectivity index (χ4v) is 1.04. The molecular weight excluding hydrogens is 254 g/mol. The number of imide groups is 1. The normalized spacial score (nSPS) is 9.00. The standard InChI is InChI=1S/C11H9N3O5/c1-2-7-12-10(15)13-11(16)19-9-5-3-8(4-6-9)14(17)18/h1,3-6H,7H2,(H2,12,13,15,16). The van der Waals surface area contributed by atoms with E-state index in [2.05, 4.69) is 11.2 Å². The van der Waals surface area contributed by atoms with Crippen LogP contribution >= 0.6 is 0 Å². The highest BCUT2D eigenvalue weighted by atomic mass is 16.6. The number of non-ortho nitro benzene ring substituents is 1. The lowest BCUT2D eigenvalue weighted by Crippen LogP contribution is -2.40. The molecule has 0 atom stereocenters. The molecule has 0 aliphatic rings. The molecule has 1 rings (SSSR count). The largest absolute Gasteiger partial charge is 0.420 e. The van der Waals surface area contributed by atoms with Gasteiger partial charge in [0.05, 0.1) is 11.5 Å². The van der Waals surface area contributed by atoms with Gasteiger partial charge in [-0.1, -0.05) is 5.92 Å². The van der Waals surface area contributed by atoms with Gasteiger partial charge in [-0.2, -0.15) is 0 Å². The Kier molecular flexibility index (Phi) is 4.86. The van der Waals surface area contributed by atoms with Crippen molar-refractivity contribution in [1.29, 1.82) is 0 Å². The molecule has 0 aliphatic carbocycles. The quantitative estimate of drug-likeness (QED) is 0.480. The van der Waals surface area contributed by atoms with Crippen LogP contribution in [-0.2, 0) is 0 Å². The zero-order chi connectivity index (χ0) is 14.3. The van der Waals surface area contributed by atoms with Crippen LogP contribution in [0, 0.1) is 22.5 Å². The van der Waals surface area contributed by atoms with Gasteiger partial charge in [0, 0.05) is 12.1 Å². The Morgan fingerprint density at radius 2 is 2.00 bits per heavy atom. The Balaban J connectivity index is 2.51. The average molecular weight is 263 g/mol. The molecular formula is C11H9N3O5. The summed E-state index contributed by atoms with van der Waals surface area (Å²) in [6.07, 6.45) is 3.88. The predicted molar refractivity (Wildman–Crippen MR) is 64.5 cm³/mol. The fraction of sp³-hybridized carbons (Fsp3) is 0.0909. The first kappa shape index (κ1) is 14.0. The first-order valence-corrected chi connectivity index (χ1v) is 4.97. The van der Waals surface area contributed by atoms with Crippen molar-refractivity contribution in [1.82, 2.24) is 10.6 Å². The zero-order valence-electron chi connectivity index (χ0n) is 9.58. The molecule has 0 spiro atoms. The first-order valence-electron chi connectivity index (χ1n) is 4.97. The first-order chi connectivity index (χ1) is 9.02. The van der Waals surface area contributed by atoms with Crippen molar-refractivity contribution in [2.45, 2.75) is 0 Å². The number of terminal acetylenes is 1. The molecule has 8 nitrogen and oxygen atoms in total. The van der Waals surface area contributed by atoms with Crippen LogP contribution in [-0.4, -0.2) is 23.6 Å². The van der Waals surface area contributed by atoms with Gasteiger partial charge in [0.15, 0.2) is 0 Å². The van der Waals surface area contributed by atoms with E-state index in [1.54, 1.807) is 0 Å². The minimum atomic E-state index is -1.02. The van der Waals surface area contributed by atoms with Gasteiger partial charge in [-0.25, -0.2) is 14.9 Å². The second-order valence-corrected chi connectivity index (χ2v) is 3.15. The van der Waals surface area contributed by atoms with E-state index in [1.165, 1.54) is 24.3 Å². The molecule has 2 N–H and O–H groups in total. The third kappa shape index (κ3) is 4.74. The van der Waals surface area contributed by atoms with E-state index in [9.17, 15) is 19.7 Å². The second kappa shape index (κ2) is 6.61. The minimum Gasteiger partial charge on any atom is -0.410 e. The lowest BCUT2D eigenvalue weighted by molar-refractivity contribution is -0.384. The summed E-state index contributed by atoms with van der Waals surface area (Å²) in [5.41, 5.74) is -0.139. The molecule has 0 saturated carbocycles. The number of hydrogen-bond donors (Lipinski definition) is 2. The topological polar surface area (TPSA) is 111 Å². The Morgan fingerprint density at radius 1 is 1.37 bits per heavy atom. The van der Waals surface area contributed by atoms with Gasteiger partial charge < -0.3 is 10.1 Å². The van der Waals surface area contributed by atoms with Crippen molar-refractivity contribution in [3.8, 4) is 18.1 Å². The average Bonchev–Trinajstić information content (AvgIpc) is 2.36. The lowest BCUT2D eigenvalue weighted by atomic mass is 10.3. The second-order valence-electron chi connectivity index (χ2n) is 3.15. The molecule has 0 aromatic heterocycles. The van der Waals surface area contributed by atoms with Gasteiger partial charge in [-0.3, -0.25) is 10.1 Å². The van der Waals surface area contributed by atoms with Crippen molar-refractivity contribution in [3.05, 3.63) is 34.4 Å². The Hall–Kier alpha value is -3.08. The maximum atomic E-state index is 11.2. The van der Waals surface area contributed by atoms with Crippen molar-refractivity contribution in [3.63, 3.8) is 0 Å². The highest BCUT2D eigenvalue weighted by Crippen LogP contribution is 2.17. The van der Waals surface area contributed by atoms with Crippen LogP contribution in [0.4, 0.5) is 15.3 Å². The predicted octanol–water partition coefficient (Wildman–Crippen LogP) is 1.03. The Bertz CT molecular complexity index is 532. The number of carbonyl (C=O) groups is 2. The third-order valence-corrected chi connectivity index (χ3v) is 1.82. The summed E-state index contributed by atoms with van der Waals surface area (Å²) >= 11 is 0. The van der Waals surface area contributed by atoms with Crippen LogP contribution in [0.1, 0.15) is 0 Å². The van der Waals surface area contributed by atoms with Crippen LogP contribution in [0.2, 0.25) is 0 Å². The number of ether oxygens (including phenoxy) is 1. The van der Waals surface area contributed by atoms with Gasteiger partial charge >= 0.3 is 12.1 Å². The number of rotatable bonds is 3. The van der Waals surface area contributed by atoms with E-state index in [0.29, 0.717) is 0 Å². The fourth-order valence-electron chi connectivity index (χ4n) is 1.04. The number of urea groups is 1. The number of nitro benzene ring substituents is 1. The highest BCUT2D eigenvalue weighted by Gasteiger charge is 2.10. The number of amides is 3. The van der Waals surface area contributed by atoms with Gasteiger partial charge in [0.25, 0.3) is 5.69 Å². The summed E-state index contributed by atoms with van der Waals surface area (Å²) in [6.45, 7) is -0.0311. The molecule has 0 unspecified atom stereocenters. The summed E-state index contributed by atoms with van der Waals surface area (Å²) in [7, 11) is 0. The monoisotopic (exact) mass is 263 g/mol. The number of nitrogens with one attached hydrogen (secondary N) is 2. The van der Waals surface area contributed by atoms with Crippen molar-refractivity contribution < 1.29 is 19.2 Å². The molecule has 3 amide bonds. The smallest absolute Gasteiger partial charge is 0.410 e. The molecule has 0 radical (unpaired) electrons. The van der Waals surface area contributed by atoms with E-state index in [0.717, 1.165) is 0 Å². The minimum absolute atomic E-state index is 0.0311. The number of carbonyl (C=O) groups excluding carboxylic acids is 2. The van der Waals surface area contributed by atoms with E-state index < -0.39 is 17.0 Å². The maximum absolute atomic E-state index is 11.2. The van der Waals surface area contributed by atoms with E-state index in [-0.39, 0.29) is 18.0 Å². The van der Waals surface area contributed by atoms with Crippen LogP contribution in [0.25, 0.3) is 0 Å². The summed E-state index contributed by atoms with van der Waals surface area (Å²) in [4.78, 5) is 32.1. The molecule has 8 heteroatoms. The van der Waals surface area contributed by atoms with Gasteiger partial charge in [0.2, 0.25) is 0 Å². The van der Waals surface area contributed by atoms with Crippen molar-refractivity contribution >= 4 is 17.8 Å². The van der Waals surface area contributed by atoms with Crippen LogP contribution in [0.3, 0.4) is 0 Å². The Morgan fingerprint density at radius 3 is 2.53 bits per heavy atom. The Labute approximate surface area is 107 Å². The number of hydrogen-bond acceptors (Lipinski definition) is 5. The number of nitro groups is 1. The van der Waals surface area contributed by atoms with Gasteiger partial charge in [0.1, 0.15) is 5.75 Å². The molecule has 0 aliphatic heterocycles. The maximum Gasteiger partial charge on any atom is 0.420 e. The molecule has 0 saturated heterocycles. The van der Waals surface area contributed by atoms with Gasteiger partial charge in [-0.15, -0.1) is 6.42 Å². The number of nitrogens with zero attached hydrogens (tertiary/aromatic N) is 1. The highest BCUT2D eigenvalue weighted by molar-refractivity contribution is 5.91. The molecule has 0 fully saturated rings. The van der Waals surface area contributed by atoms with Crippen LogP contribution in [0.5, 0.6) is 5.75 Å². The van der Waals surface area contributed by atoms with Crippen molar-refractivity contribution in [2.75, 3.05) is 6.54 Å². The lowest BCUT2D eigenvalue weighted by Gasteiger charge is -2.05. The summed E-state index contributed by atoms with van der Waals surface area (Å²) in [6, 6.07) is 4.00. The molecule has 19 heavy (non-hydrogen) atoms. The molecule has 1 aromatic carbocycles.